The van der Waals surface area contributed by atoms with Crippen molar-refractivity contribution in [2.24, 2.45) is 23.7 Å². The summed E-state index contributed by atoms with van der Waals surface area (Å²) in [6.07, 6.45) is -9.07. The fourth-order valence-corrected chi connectivity index (χ4v) is 10.8. The van der Waals surface area contributed by atoms with Crippen molar-refractivity contribution in [2.75, 3.05) is 42.0 Å². The molecule has 3 saturated heterocycles. The number of hydrogen-bond acceptors (Lipinski definition) is 20. The van der Waals surface area contributed by atoms with Crippen LogP contribution >= 0.6 is 0 Å². The second kappa shape index (κ2) is 28.2. The Hall–Kier alpha value is -3.74. The number of esters is 2. The Morgan fingerprint density at radius 1 is 0.853 bits per heavy atom. The summed E-state index contributed by atoms with van der Waals surface area (Å²) in [6.45, 7) is 13.7. The Morgan fingerprint density at radius 3 is 2.12 bits per heavy atom. The van der Waals surface area contributed by atoms with Gasteiger partial charge in [0.2, 0.25) is 0 Å². The highest BCUT2D eigenvalue weighted by atomic mass is 16.7. The van der Waals surface area contributed by atoms with Crippen molar-refractivity contribution in [1.82, 2.24) is 4.90 Å². The molecule has 1 aromatic rings. The van der Waals surface area contributed by atoms with Crippen molar-refractivity contribution >= 4 is 24.0 Å². The van der Waals surface area contributed by atoms with Crippen molar-refractivity contribution in [2.45, 2.75) is 198 Å². The Kier molecular flexibility index (Phi) is 23.4. The molecule has 4 N–H and O–H groups in total. The normalized spacial score (nSPS) is 40.7. The standard InChI is InChI=1S/C55H85NO19/c1-14-41-37(28-68-54-51(67-13)50(66-12)46(62)32(5)70-54)23-29(2)15-20-39(58)30(3)24-36(21-22-57)48(31(4)40(59)26-43(61)72-41)75-53-47(63)45(56(9)10)49(33(6)71-53)74-44-27-55(8,64)52(34(7)69-44)73-42(60)25-35-16-18-38(65-11)19-17-35/h15-20,22-23,30-34,36-37,40-41,44-54,59,62-64H,14,21,24-28H2,1-13H3/b20-15-,29-23+/t30-,31+,32-,33-,34+,36+,37-,40-,41?,44+,45-,46-,47-,48?,49-,50-,51-,52+,53+,54-,55-/m1/s1. The van der Waals surface area contributed by atoms with Gasteiger partial charge in [0.1, 0.15) is 54.3 Å². The maximum atomic E-state index is 13.9. The number of ether oxygens (including phenoxy) is 11. The number of hydrogen-bond donors (Lipinski definition) is 4. The molecule has 0 amide bonds. The molecule has 21 atom stereocenters. The first-order valence-corrected chi connectivity index (χ1v) is 26.2. The van der Waals surface area contributed by atoms with Crippen LogP contribution in [0.1, 0.15) is 93.1 Å². The molecule has 2 unspecified atom stereocenters. The van der Waals surface area contributed by atoms with Crippen LogP contribution in [0, 0.1) is 23.7 Å². The van der Waals surface area contributed by atoms with E-state index in [1.54, 1.807) is 105 Å². The SMILES string of the molecule is CCC1OC(=O)C[C@@H](O)[C@H](C)C(O[C@@H]2O[C@H](C)[C@@H](O[C@H]3C[C@@](C)(O)[C@@H](OC(=O)Cc4ccc(OC)cc4)[C@H](C)O3)[C@H](N(C)C)[C@H]2O)[C@@H](CC=O)C[C@@H](C)C(=O)/C=C\C(C)=C\[C@@H]1CO[C@@H]1O[C@H](C)[C@@H](O)[C@@H](OC)[C@H]1OC. The van der Waals surface area contributed by atoms with Gasteiger partial charge in [0.05, 0.1) is 63.1 Å². The summed E-state index contributed by atoms with van der Waals surface area (Å²) in [5.74, 6) is -3.62. The number of methoxy groups -OCH3 is 3. The molecular formula is C55H85NO19. The van der Waals surface area contributed by atoms with E-state index in [4.69, 9.17) is 52.1 Å². The number of allylic oxidation sites excluding steroid dienone is 3. The highest BCUT2D eigenvalue weighted by Gasteiger charge is 2.53. The number of aliphatic hydroxyl groups excluding tert-OH is 3. The van der Waals surface area contributed by atoms with E-state index < -0.39 is 146 Å². The van der Waals surface area contributed by atoms with Crippen molar-refractivity contribution in [3.8, 4) is 5.75 Å². The van der Waals surface area contributed by atoms with E-state index in [-0.39, 0.29) is 38.1 Å². The fourth-order valence-electron chi connectivity index (χ4n) is 10.8. The van der Waals surface area contributed by atoms with Crippen LogP contribution in [0.5, 0.6) is 5.75 Å². The number of rotatable bonds is 17. The van der Waals surface area contributed by atoms with Gasteiger partial charge in [0.15, 0.2) is 30.8 Å². The van der Waals surface area contributed by atoms with Gasteiger partial charge in [0, 0.05) is 44.8 Å². The average molecular weight is 1060 g/mol. The average Bonchev–Trinajstić information content (AvgIpc) is 3.35. The minimum atomic E-state index is -1.58. The van der Waals surface area contributed by atoms with Crippen LogP contribution in [0.3, 0.4) is 0 Å². The molecule has 0 spiro atoms. The summed E-state index contributed by atoms with van der Waals surface area (Å²) in [6, 6.07) is 6.19. The smallest absolute Gasteiger partial charge is 0.310 e. The van der Waals surface area contributed by atoms with E-state index in [0.29, 0.717) is 29.6 Å². The summed E-state index contributed by atoms with van der Waals surface area (Å²) < 4.78 is 66.5. The predicted octanol–water partition coefficient (Wildman–Crippen LogP) is 3.64. The molecule has 4 heterocycles. The second-order valence-corrected chi connectivity index (χ2v) is 21.2. The van der Waals surface area contributed by atoms with Gasteiger partial charge in [-0.25, -0.2) is 0 Å². The van der Waals surface area contributed by atoms with Crippen LogP contribution in [-0.2, 0) is 73.0 Å². The maximum Gasteiger partial charge on any atom is 0.310 e. The highest BCUT2D eigenvalue weighted by molar-refractivity contribution is 5.91. The minimum Gasteiger partial charge on any atom is -0.497 e. The van der Waals surface area contributed by atoms with E-state index >= 15 is 0 Å². The third kappa shape index (κ3) is 16.2. The molecule has 424 valence electrons. The number of aliphatic hydroxyl groups is 4. The second-order valence-electron chi connectivity index (χ2n) is 21.2. The topological polar surface area (TPSA) is 254 Å². The van der Waals surface area contributed by atoms with E-state index in [1.807, 2.05) is 13.0 Å². The van der Waals surface area contributed by atoms with Gasteiger partial charge in [-0.2, -0.15) is 0 Å². The number of likely N-dealkylation sites (N-methyl/N-ethyl adjacent to an activating group) is 1. The molecule has 0 aromatic heterocycles. The fraction of sp³-hybridized carbons (Fsp3) is 0.745. The summed E-state index contributed by atoms with van der Waals surface area (Å²) in [5.41, 5.74) is -0.200. The van der Waals surface area contributed by atoms with Gasteiger partial charge in [-0.15, -0.1) is 0 Å². The van der Waals surface area contributed by atoms with Crippen molar-refractivity contribution in [1.29, 1.82) is 0 Å². The summed E-state index contributed by atoms with van der Waals surface area (Å²) >= 11 is 0. The third-order valence-corrected chi connectivity index (χ3v) is 15.1. The van der Waals surface area contributed by atoms with Crippen molar-refractivity contribution < 1.29 is 91.7 Å². The number of nitrogens with zero attached hydrogens (tertiary/aromatic N) is 1. The van der Waals surface area contributed by atoms with E-state index in [2.05, 4.69) is 0 Å². The molecule has 5 rings (SSSR count). The van der Waals surface area contributed by atoms with Gasteiger partial charge < -0.3 is 82.2 Å². The number of ketones is 1. The Bertz CT molecular complexity index is 2050. The molecule has 20 heteroatoms. The Labute approximate surface area is 442 Å². The monoisotopic (exact) mass is 1060 g/mol. The van der Waals surface area contributed by atoms with Crippen LogP contribution in [0.2, 0.25) is 0 Å². The van der Waals surface area contributed by atoms with Crippen LogP contribution in [0.15, 0.2) is 48.1 Å². The van der Waals surface area contributed by atoms with E-state index in [0.717, 1.165) is 0 Å². The molecule has 0 bridgehead atoms. The largest absolute Gasteiger partial charge is 0.497 e. The third-order valence-electron chi connectivity index (χ3n) is 15.1. The number of cyclic esters (lactones) is 1. The lowest BCUT2D eigenvalue weighted by Gasteiger charge is -2.50. The van der Waals surface area contributed by atoms with Gasteiger partial charge in [-0.05, 0) is 91.2 Å². The summed E-state index contributed by atoms with van der Waals surface area (Å²) in [4.78, 5) is 55.0. The molecule has 0 radical (unpaired) electrons. The number of aldehydes is 1. The lowest BCUT2D eigenvalue weighted by atomic mass is 9.79. The zero-order valence-electron chi connectivity index (χ0n) is 46.0. The lowest BCUT2D eigenvalue weighted by molar-refractivity contribution is -0.342. The first-order valence-electron chi connectivity index (χ1n) is 26.2. The van der Waals surface area contributed by atoms with Crippen LogP contribution < -0.4 is 4.74 Å². The maximum absolute atomic E-state index is 13.9. The molecular weight excluding hydrogens is 979 g/mol. The minimum absolute atomic E-state index is 0.0206. The molecule has 1 aromatic carbocycles. The van der Waals surface area contributed by atoms with E-state index in [9.17, 15) is 39.6 Å². The number of benzene rings is 1. The van der Waals surface area contributed by atoms with E-state index in [1.165, 1.54) is 20.3 Å². The molecule has 4 aliphatic rings. The molecule has 3 fully saturated rings. The molecule has 75 heavy (non-hydrogen) atoms. The first-order chi connectivity index (χ1) is 35.5. The molecule has 20 nitrogen and oxygen atoms in total. The number of carbonyl (C=O) groups excluding carboxylic acids is 4. The van der Waals surface area contributed by atoms with Crippen LogP contribution in [0.4, 0.5) is 0 Å². The Balaban J connectivity index is 1.34. The van der Waals surface area contributed by atoms with Crippen LogP contribution in [-0.4, -0.2) is 195 Å². The molecule has 0 aliphatic carbocycles. The number of carbonyl (C=O) groups is 4. The van der Waals surface area contributed by atoms with Crippen molar-refractivity contribution in [3.05, 3.63) is 53.6 Å². The highest BCUT2D eigenvalue weighted by Crippen LogP contribution is 2.38. The summed E-state index contributed by atoms with van der Waals surface area (Å²) in [5, 5.41) is 46.5. The molecule has 4 aliphatic heterocycles. The van der Waals surface area contributed by atoms with Gasteiger partial charge in [0.25, 0.3) is 0 Å². The lowest BCUT2D eigenvalue weighted by Crippen LogP contribution is -2.65. The zero-order chi connectivity index (χ0) is 55.5. The van der Waals surface area contributed by atoms with Crippen molar-refractivity contribution in [3.63, 3.8) is 0 Å². The van der Waals surface area contributed by atoms with Crippen LogP contribution in [0.25, 0.3) is 0 Å². The first kappa shape index (κ1) is 62.1. The van der Waals surface area contributed by atoms with Gasteiger partial charge >= 0.3 is 11.9 Å². The summed E-state index contributed by atoms with van der Waals surface area (Å²) in [7, 11) is 7.97. The van der Waals surface area contributed by atoms with Gasteiger partial charge in [-0.1, -0.05) is 50.6 Å². The molecule has 0 saturated carbocycles. The van der Waals surface area contributed by atoms with Gasteiger partial charge in [-0.3, -0.25) is 14.4 Å². The Morgan fingerprint density at radius 2 is 1.52 bits per heavy atom. The quantitative estimate of drug-likeness (QED) is 0.128. The predicted molar refractivity (Wildman–Crippen MR) is 271 cm³/mol. The zero-order valence-corrected chi connectivity index (χ0v) is 46.0.